The topological polar surface area (TPSA) is 57.0 Å². The molecule has 5 heteroatoms. The molecular weight excluding hydrogens is 206 g/mol. The molecule has 0 radical (unpaired) electrons. The van der Waals surface area contributed by atoms with E-state index in [1.165, 1.54) is 6.20 Å². The summed E-state index contributed by atoms with van der Waals surface area (Å²) in [5, 5.41) is 4.08. The first-order chi connectivity index (χ1) is 7.81. The van der Waals surface area contributed by atoms with Crippen molar-refractivity contribution in [2.75, 3.05) is 0 Å². The first-order valence-corrected chi connectivity index (χ1v) is 4.92. The van der Waals surface area contributed by atoms with Gasteiger partial charge in [-0.05, 0) is 13.0 Å². The maximum absolute atomic E-state index is 10.5. The van der Waals surface area contributed by atoms with Crippen LogP contribution in [0.5, 0.6) is 11.5 Å². The lowest BCUT2D eigenvalue weighted by molar-refractivity contribution is 0.112. The van der Waals surface area contributed by atoms with Crippen LogP contribution in [0, 0.1) is 0 Å². The van der Waals surface area contributed by atoms with Gasteiger partial charge in [-0.2, -0.15) is 5.10 Å². The van der Waals surface area contributed by atoms with E-state index < -0.39 is 0 Å². The second kappa shape index (κ2) is 4.57. The van der Waals surface area contributed by atoms with Crippen LogP contribution in [-0.4, -0.2) is 21.1 Å². The average molecular weight is 217 g/mol. The fourth-order valence-electron chi connectivity index (χ4n) is 1.26. The molecule has 5 nitrogen and oxygen atoms in total. The Morgan fingerprint density at radius 3 is 2.94 bits per heavy atom. The van der Waals surface area contributed by atoms with Crippen LogP contribution in [0.4, 0.5) is 0 Å². The highest BCUT2D eigenvalue weighted by Gasteiger charge is 2.01. The number of aryl methyl sites for hydroxylation is 1. The molecular formula is C11H11N3O2. The van der Waals surface area contributed by atoms with Crippen LogP contribution in [0.2, 0.25) is 0 Å². The minimum absolute atomic E-state index is 0.486. The number of aldehydes is 1. The SMILES string of the molecule is CCn1cc(Oc2cncc(C=O)c2)cn1. The predicted molar refractivity (Wildman–Crippen MR) is 57.6 cm³/mol. The van der Waals surface area contributed by atoms with E-state index in [0.717, 1.165) is 12.8 Å². The van der Waals surface area contributed by atoms with E-state index in [-0.39, 0.29) is 0 Å². The molecule has 0 aliphatic rings. The molecule has 0 atom stereocenters. The Bertz CT molecular complexity index is 493. The van der Waals surface area contributed by atoms with Crippen LogP contribution in [0.1, 0.15) is 17.3 Å². The second-order valence-electron chi connectivity index (χ2n) is 3.21. The molecule has 2 aromatic heterocycles. The summed E-state index contributed by atoms with van der Waals surface area (Å²) in [7, 11) is 0. The van der Waals surface area contributed by atoms with Gasteiger partial charge >= 0.3 is 0 Å². The molecule has 0 bridgehead atoms. The Labute approximate surface area is 92.7 Å². The molecule has 0 unspecified atom stereocenters. The van der Waals surface area contributed by atoms with Gasteiger partial charge in [0.2, 0.25) is 0 Å². The average Bonchev–Trinajstić information content (AvgIpc) is 2.77. The molecule has 0 N–H and O–H groups in total. The Morgan fingerprint density at radius 2 is 2.25 bits per heavy atom. The maximum Gasteiger partial charge on any atom is 0.165 e. The van der Waals surface area contributed by atoms with Crippen molar-refractivity contribution in [1.82, 2.24) is 14.8 Å². The summed E-state index contributed by atoms with van der Waals surface area (Å²) >= 11 is 0. The third kappa shape index (κ3) is 2.25. The lowest BCUT2D eigenvalue weighted by atomic mass is 10.3. The van der Waals surface area contributed by atoms with Crippen LogP contribution in [-0.2, 0) is 6.54 Å². The molecule has 2 aromatic rings. The first-order valence-electron chi connectivity index (χ1n) is 4.92. The monoisotopic (exact) mass is 217 g/mol. The van der Waals surface area contributed by atoms with E-state index in [4.69, 9.17) is 4.74 Å². The number of aromatic nitrogens is 3. The van der Waals surface area contributed by atoms with E-state index >= 15 is 0 Å². The number of carbonyl (C=O) groups is 1. The zero-order valence-electron chi connectivity index (χ0n) is 8.83. The molecule has 0 aromatic carbocycles. The summed E-state index contributed by atoms with van der Waals surface area (Å²) < 4.78 is 7.25. The van der Waals surface area contributed by atoms with E-state index in [1.54, 1.807) is 29.3 Å². The molecule has 0 aliphatic heterocycles. The summed E-state index contributed by atoms with van der Waals surface area (Å²) in [4.78, 5) is 14.4. The Kier molecular flexibility index (Phi) is 2.95. The second-order valence-corrected chi connectivity index (χ2v) is 3.21. The third-order valence-electron chi connectivity index (χ3n) is 2.04. The fourth-order valence-corrected chi connectivity index (χ4v) is 1.26. The molecule has 0 aliphatic carbocycles. The summed E-state index contributed by atoms with van der Waals surface area (Å²) in [6.07, 6.45) is 7.17. The highest BCUT2D eigenvalue weighted by molar-refractivity contribution is 5.74. The van der Waals surface area contributed by atoms with Crippen molar-refractivity contribution in [3.8, 4) is 11.5 Å². The van der Waals surface area contributed by atoms with Crippen molar-refractivity contribution >= 4 is 6.29 Å². The smallest absolute Gasteiger partial charge is 0.165 e. The van der Waals surface area contributed by atoms with E-state index in [9.17, 15) is 4.79 Å². The quantitative estimate of drug-likeness (QED) is 0.734. The molecule has 0 saturated heterocycles. The van der Waals surface area contributed by atoms with Gasteiger partial charge in [0.05, 0.1) is 18.6 Å². The summed E-state index contributed by atoms with van der Waals surface area (Å²) in [6.45, 7) is 2.78. The van der Waals surface area contributed by atoms with Crippen molar-refractivity contribution in [2.45, 2.75) is 13.5 Å². The number of ether oxygens (including phenoxy) is 1. The summed E-state index contributed by atoms with van der Waals surface area (Å²) in [5.74, 6) is 1.16. The molecule has 2 rings (SSSR count). The lowest BCUT2D eigenvalue weighted by Gasteiger charge is -2.01. The van der Waals surface area contributed by atoms with Gasteiger partial charge in [0.1, 0.15) is 5.75 Å². The zero-order valence-corrected chi connectivity index (χ0v) is 8.83. The number of carbonyl (C=O) groups excluding carboxylic acids is 1. The van der Waals surface area contributed by atoms with Crippen LogP contribution in [0.15, 0.2) is 30.9 Å². The molecule has 16 heavy (non-hydrogen) atoms. The van der Waals surface area contributed by atoms with Gasteiger partial charge < -0.3 is 4.74 Å². The standard InChI is InChI=1S/C11H11N3O2/c1-2-14-7-11(6-13-14)16-10-3-9(8-15)4-12-5-10/h3-8H,2H2,1H3. The van der Waals surface area contributed by atoms with Gasteiger partial charge in [-0.25, -0.2) is 0 Å². The fraction of sp³-hybridized carbons (Fsp3) is 0.182. The number of rotatable bonds is 4. The van der Waals surface area contributed by atoms with Gasteiger partial charge in [-0.1, -0.05) is 0 Å². The van der Waals surface area contributed by atoms with Crippen LogP contribution in [0.3, 0.4) is 0 Å². The van der Waals surface area contributed by atoms with Crippen LogP contribution in [0.25, 0.3) is 0 Å². The Morgan fingerprint density at radius 1 is 1.38 bits per heavy atom. The molecule has 0 amide bonds. The molecule has 0 spiro atoms. The van der Waals surface area contributed by atoms with E-state index in [0.29, 0.717) is 17.1 Å². The minimum atomic E-state index is 0.486. The Balaban J connectivity index is 2.16. The van der Waals surface area contributed by atoms with Crippen LogP contribution >= 0.6 is 0 Å². The first kappa shape index (κ1) is 10.4. The summed E-state index contributed by atoms with van der Waals surface area (Å²) in [5.41, 5.74) is 0.486. The van der Waals surface area contributed by atoms with Crippen molar-refractivity contribution in [3.63, 3.8) is 0 Å². The number of hydrogen-bond donors (Lipinski definition) is 0. The van der Waals surface area contributed by atoms with Gasteiger partial charge in [0, 0.05) is 18.3 Å². The number of nitrogens with zero attached hydrogens (tertiary/aromatic N) is 3. The molecule has 2 heterocycles. The highest BCUT2D eigenvalue weighted by Crippen LogP contribution is 2.19. The van der Waals surface area contributed by atoms with Gasteiger partial charge in [-0.15, -0.1) is 0 Å². The minimum Gasteiger partial charge on any atom is -0.452 e. The lowest BCUT2D eigenvalue weighted by Crippen LogP contribution is -1.92. The van der Waals surface area contributed by atoms with Gasteiger partial charge in [0.15, 0.2) is 12.0 Å². The van der Waals surface area contributed by atoms with Crippen LogP contribution < -0.4 is 4.74 Å². The van der Waals surface area contributed by atoms with Crippen molar-refractivity contribution in [1.29, 1.82) is 0 Å². The predicted octanol–water partition coefficient (Wildman–Crippen LogP) is 1.90. The maximum atomic E-state index is 10.5. The molecule has 0 saturated carbocycles. The zero-order chi connectivity index (χ0) is 11.4. The summed E-state index contributed by atoms with van der Waals surface area (Å²) in [6, 6.07) is 1.63. The molecule has 82 valence electrons. The number of pyridine rings is 1. The van der Waals surface area contributed by atoms with E-state index in [1.807, 2.05) is 6.92 Å². The van der Waals surface area contributed by atoms with Crippen molar-refractivity contribution in [3.05, 3.63) is 36.4 Å². The highest BCUT2D eigenvalue weighted by atomic mass is 16.5. The molecule has 0 fully saturated rings. The normalized spacial score (nSPS) is 10.1. The third-order valence-corrected chi connectivity index (χ3v) is 2.04. The van der Waals surface area contributed by atoms with Crippen molar-refractivity contribution in [2.24, 2.45) is 0 Å². The Hall–Kier alpha value is -2.17. The van der Waals surface area contributed by atoms with Crippen molar-refractivity contribution < 1.29 is 9.53 Å². The van der Waals surface area contributed by atoms with Gasteiger partial charge in [-0.3, -0.25) is 14.5 Å². The number of hydrogen-bond acceptors (Lipinski definition) is 4. The largest absolute Gasteiger partial charge is 0.452 e. The van der Waals surface area contributed by atoms with Gasteiger partial charge in [0.25, 0.3) is 0 Å². The van der Waals surface area contributed by atoms with E-state index in [2.05, 4.69) is 10.1 Å².